The topological polar surface area (TPSA) is 33.2 Å². The van der Waals surface area contributed by atoms with Crippen molar-refractivity contribution in [2.45, 2.75) is 39.0 Å². The van der Waals surface area contributed by atoms with E-state index in [1.807, 2.05) is 18.2 Å². The zero-order valence-corrected chi connectivity index (χ0v) is 14.5. The fraction of sp³-hybridized carbons (Fsp3) is 0.524. The number of hydrogen-bond donors (Lipinski definition) is 0. The molecule has 0 amide bonds. The summed E-state index contributed by atoms with van der Waals surface area (Å²) in [4.78, 5) is 20.0. The number of benzene rings is 1. The summed E-state index contributed by atoms with van der Waals surface area (Å²) < 4.78 is 0. The standard InChI is InChI=1S/C21H26N2O/c1-2-3-19-6-4-16-12-17(5-7-20(16)22-19)21(24)13-18-14-23-10-8-15(18)9-11-23/h4-7,12,15,18H,2-3,8-11,13-14H2,1H3. The van der Waals surface area contributed by atoms with Crippen LogP contribution in [-0.4, -0.2) is 35.3 Å². The van der Waals surface area contributed by atoms with Crippen LogP contribution in [0.5, 0.6) is 0 Å². The number of piperidine rings is 3. The lowest BCUT2D eigenvalue weighted by Crippen LogP contribution is -2.47. The number of hydrogen-bond acceptors (Lipinski definition) is 3. The lowest BCUT2D eigenvalue weighted by Gasteiger charge is -2.44. The van der Waals surface area contributed by atoms with Gasteiger partial charge in [-0.2, -0.15) is 0 Å². The number of rotatable bonds is 5. The first-order valence-electron chi connectivity index (χ1n) is 9.38. The second-order valence-corrected chi connectivity index (χ2v) is 7.49. The summed E-state index contributed by atoms with van der Waals surface area (Å²) in [7, 11) is 0. The molecule has 1 atom stereocenters. The lowest BCUT2D eigenvalue weighted by molar-refractivity contribution is 0.0441. The average Bonchev–Trinajstić information content (AvgIpc) is 2.62. The first kappa shape index (κ1) is 15.8. The summed E-state index contributed by atoms with van der Waals surface area (Å²) >= 11 is 0. The smallest absolute Gasteiger partial charge is 0.163 e. The Kier molecular flexibility index (Phi) is 4.36. The zero-order chi connectivity index (χ0) is 16.5. The number of ketones is 1. The summed E-state index contributed by atoms with van der Waals surface area (Å²) in [6, 6.07) is 10.2. The van der Waals surface area contributed by atoms with E-state index in [-0.39, 0.29) is 0 Å². The van der Waals surface area contributed by atoms with Gasteiger partial charge in [-0.05, 0) is 68.5 Å². The molecule has 0 radical (unpaired) electrons. The minimum absolute atomic E-state index is 0.299. The molecule has 126 valence electrons. The van der Waals surface area contributed by atoms with Crippen LogP contribution in [0.25, 0.3) is 10.9 Å². The van der Waals surface area contributed by atoms with E-state index in [2.05, 4.69) is 24.0 Å². The fourth-order valence-corrected chi connectivity index (χ4v) is 4.41. The van der Waals surface area contributed by atoms with Gasteiger partial charge in [0.05, 0.1) is 5.52 Å². The Bertz CT molecular complexity index is 747. The lowest BCUT2D eigenvalue weighted by atomic mass is 9.76. The molecule has 0 saturated carbocycles. The van der Waals surface area contributed by atoms with E-state index >= 15 is 0 Å². The van der Waals surface area contributed by atoms with Crippen LogP contribution in [0.4, 0.5) is 0 Å². The van der Waals surface area contributed by atoms with Crippen molar-refractivity contribution >= 4 is 16.7 Å². The third-order valence-corrected chi connectivity index (χ3v) is 5.81. The molecule has 24 heavy (non-hydrogen) atoms. The highest BCUT2D eigenvalue weighted by atomic mass is 16.1. The van der Waals surface area contributed by atoms with Gasteiger partial charge in [-0.15, -0.1) is 0 Å². The van der Waals surface area contributed by atoms with E-state index in [1.54, 1.807) is 0 Å². The van der Waals surface area contributed by atoms with Crippen LogP contribution in [0.3, 0.4) is 0 Å². The van der Waals surface area contributed by atoms with Crippen LogP contribution < -0.4 is 0 Å². The molecular weight excluding hydrogens is 296 g/mol. The van der Waals surface area contributed by atoms with Crippen LogP contribution in [0.1, 0.15) is 48.7 Å². The van der Waals surface area contributed by atoms with Crippen molar-refractivity contribution in [1.82, 2.24) is 9.88 Å². The largest absolute Gasteiger partial charge is 0.303 e. The SMILES string of the molecule is CCCc1ccc2cc(C(=O)CC3CN4CCC3CC4)ccc2n1. The number of carbonyl (C=O) groups excluding carboxylic acids is 1. The molecular formula is C21H26N2O. The fourth-order valence-electron chi connectivity index (χ4n) is 4.41. The molecule has 3 heteroatoms. The molecule has 4 heterocycles. The van der Waals surface area contributed by atoms with E-state index in [0.29, 0.717) is 18.1 Å². The van der Waals surface area contributed by atoms with Gasteiger partial charge >= 0.3 is 0 Å². The third-order valence-electron chi connectivity index (χ3n) is 5.81. The van der Waals surface area contributed by atoms with Crippen molar-refractivity contribution in [3.8, 4) is 0 Å². The van der Waals surface area contributed by atoms with Gasteiger partial charge in [-0.25, -0.2) is 0 Å². The Morgan fingerprint density at radius 2 is 2.04 bits per heavy atom. The molecule has 0 N–H and O–H groups in total. The molecule has 0 aliphatic carbocycles. The molecule has 3 saturated heterocycles. The molecule has 3 aliphatic rings. The van der Waals surface area contributed by atoms with Crippen LogP contribution in [-0.2, 0) is 6.42 Å². The normalized spacial score (nSPS) is 26.0. The molecule has 1 aromatic carbocycles. The van der Waals surface area contributed by atoms with Crippen molar-refractivity contribution in [3.63, 3.8) is 0 Å². The Morgan fingerprint density at radius 3 is 2.75 bits per heavy atom. The average molecular weight is 322 g/mol. The molecule has 2 bridgehead atoms. The molecule has 1 unspecified atom stereocenters. The quantitative estimate of drug-likeness (QED) is 0.777. The van der Waals surface area contributed by atoms with Crippen molar-refractivity contribution in [2.24, 2.45) is 11.8 Å². The monoisotopic (exact) mass is 322 g/mol. The predicted octanol–water partition coefficient (Wildman–Crippen LogP) is 4.10. The highest BCUT2D eigenvalue weighted by molar-refractivity contribution is 5.99. The number of nitrogens with zero attached hydrogens (tertiary/aromatic N) is 2. The zero-order valence-electron chi connectivity index (χ0n) is 14.5. The molecule has 2 aromatic rings. The summed E-state index contributed by atoms with van der Waals surface area (Å²) in [5.74, 6) is 1.62. The Balaban J connectivity index is 1.51. The van der Waals surface area contributed by atoms with Crippen molar-refractivity contribution in [3.05, 3.63) is 41.6 Å². The van der Waals surface area contributed by atoms with Gasteiger partial charge in [0.15, 0.2) is 5.78 Å². The third kappa shape index (κ3) is 3.10. The van der Waals surface area contributed by atoms with Crippen molar-refractivity contribution < 1.29 is 4.79 Å². The second-order valence-electron chi connectivity index (χ2n) is 7.49. The number of carbonyl (C=O) groups is 1. The van der Waals surface area contributed by atoms with Gasteiger partial charge in [-0.3, -0.25) is 9.78 Å². The van der Waals surface area contributed by atoms with Gasteiger partial charge in [-0.1, -0.05) is 19.4 Å². The minimum Gasteiger partial charge on any atom is -0.303 e. The summed E-state index contributed by atoms with van der Waals surface area (Å²) in [5, 5.41) is 1.08. The van der Waals surface area contributed by atoms with E-state index in [4.69, 9.17) is 4.98 Å². The van der Waals surface area contributed by atoms with Crippen molar-refractivity contribution in [2.75, 3.05) is 19.6 Å². The van der Waals surface area contributed by atoms with Crippen LogP contribution in [0.15, 0.2) is 30.3 Å². The van der Waals surface area contributed by atoms with Gasteiger partial charge in [0.25, 0.3) is 0 Å². The van der Waals surface area contributed by atoms with Crippen LogP contribution in [0, 0.1) is 11.8 Å². The number of aromatic nitrogens is 1. The van der Waals surface area contributed by atoms with Gasteiger partial charge < -0.3 is 4.90 Å². The number of aryl methyl sites for hydroxylation is 1. The van der Waals surface area contributed by atoms with E-state index in [1.165, 1.54) is 25.9 Å². The molecule has 3 nitrogen and oxygen atoms in total. The maximum Gasteiger partial charge on any atom is 0.163 e. The van der Waals surface area contributed by atoms with Crippen molar-refractivity contribution in [1.29, 1.82) is 0 Å². The van der Waals surface area contributed by atoms with Crippen LogP contribution in [0.2, 0.25) is 0 Å². The highest BCUT2D eigenvalue weighted by Crippen LogP contribution is 2.35. The van der Waals surface area contributed by atoms with E-state index < -0.39 is 0 Å². The summed E-state index contributed by atoms with van der Waals surface area (Å²) in [6.45, 7) is 5.75. The molecule has 3 aliphatic heterocycles. The predicted molar refractivity (Wildman–Crippen MR) is 97.3 cm³/mol. The molecule has 1 aromatic heterocycles. The maximum absolute atomic E-state index is 12.8. The van der Waals surface area contributed by atoms with Crippen LogP contribution >= 0.6 is 0 Å². The van der Waals surface area contributed by atoms with E-state index in [9.17, 15) is 4.79 Å². The van der Waals surface area contributed by atoms with Gasteiger partial charge in [0.1, 0.15) is 0 Å². The number of pyridine rings is 1. The number of fused-ring (bicyclic) bond motifs is 4. The molecule has 3 fully saturated rings. The Labute approximate surface area is 144 Å². The van der Waals surface area contributed by atoms with E-state index in [0.717, 1.165) is 47.5 Å². The minimum atomic E-state index is 0.299. The summed E-state index contributed by atoms with van der Waals surface area (Å²) in [6.07, 6.45) is 5.37. The first-order valence-corrected chi connectivity index (χ1v) is 9.38. The summed E-state index contributed by atoms with van der Waals surface area (Å²) in [5.41, 5.74) is 2.99. The van der Waals surface area contributed by atoms with Gasteiger partial charge in [0.2, 0.25) is 0 Å². The number of Topliss-reactive ketones (excluding diaryl/α,β-unsaturated/α-hetero) is 1. The highest BCUT2D eigenvalue weighted by Gasteiger charge is 2.35. The Morgan fingerprint density at radius 1 is 1.21 bits per heavy atom. The molecule has 0 spiro atoms. The second kappa shape index (κ2) is 6.64. The molecule has 5 rings (SSSR count). The first-order chi connectivity index (χ1) is 11.7. The van der Waals surface area contributed by atoms with Gasteiger partial charge in [0, 0.05) is 29.6 Å². The maximum atomic E-state index is 12.8. The Hall–Kier alpha value is -1.74.